The predicted octanol–water partition coefficient (Wildman–Crippen LogP) is 2.01. The highest BCUT2D eigenvalue weighted by molar-refractivity contribution is 7.89. The van der Waals surface area contributed by atoms with Gasteiger partial charge in [0.1, 0.15) is 6.54 Å². The first kappa shape index (κ1) is 20.3. The van der Waals surface area contributed by atoms with Gasteiger partial charge in [-0.15, -0.1) is 0 Å². The molecule has 0 spiro atoms. The van der Waals surface area contributed by atoms with E-state index in [0.717, 1.165) is 25.7 Å². The third-order valence-electron chi connectivity index (χ3n) is 6.34. The molecule has 2 heterocycles. The Hall–Kier alpha value is -1.93. The monoisotopic (exact) mass is 419 g/mol. The summed E-state index contributed by atoms with van der Waals surface area (Å²) >= 11 is 0. The van der Waals surface area contributed by atoms with Crippen molar-refractivity contribution in [3.8, 4) is 0 Å². The number of sulfonamides is 1. The molecule has 29 heavy (non-hydrogen) atoms. The minimum atomic E-state index is -3.60. The maximum atomic E-state index is 13.1. The fourth-order valence-corrected chi connectivity index (χ4v) is 5.65. The van der Waals surface area contributed by atoms with E-state index in [4.69, 9.17) is 0 Å². The standard InChI is InChI=1S/C21H29N3O4S/c1-14-8-10-23(11-9-14)29(27,28)16-6-7-18-17(12-16)21(2,3)20(26)24(18)13-19(25)22-15-4-5-15/h6-7,12,14-15H,4-5,8-11,13H2,1-3H3,(H,22,25). The van der Waals surface area contributed by atoms with Crippen molar-refractivity contribution < 1.29 is 18.0 Å². The average molecular weight is 420 g/mol. The van der Waals surface area contributed by atoms with Crippen LogP contribution in [0, 0.1) is 5.92 Å². The summed E-state index contributed by atoms with van der Waals surface area (Å²) in [6.45, 7) is 6.72. The lowest BCUT2D eigenvalue weighted by Crippen LogP contribution is -2.43. The van der Waals surface area contributed by atoms with Gasteiger partial charge in [0.05, 0.1) is 10.3 Å². The van der Waals surface area contributed by atoms with Crippen molar-refractivity contribution in [3.05, 3.63) is 23.8 Å². The van der Waals surface area contributed by atoms with Crippen LogP contribution in [-0.2, 0) is 25.0 Å². The summed E-state index contributed by atoms with van der Waals surface area (Å²) in [5.41, 5.74) is 0.405. The normalized spacial score (nSPS) is 22.6. The Morgan fingerprint density at radius 3 is 2.45 bits per heavy atom. The Morgan fingerprint density at radius 2 is 1.83 bits per heavy atom. The van der Waals surface area contributed by atoms with E-state index in [0.29, 0.717) is 30.3 Å². The van der Waals surface area contributed by atoms with Crippen LogP contribution in [0.1, 0.15) is 52.0 Å². The van der Waals surface area contributed by atoms with Gasteiger partial charge in [0.15, 0.2) is 0 Å². The van der Waals surface area contributed by atoms with Crippen molar-refractivity contribution in [2.24, 2.45) is 5.92 Å². The smallest absolute Gasteiger partial charge is 0.243 e. The second-order valence-electron chi connectivity index (χ2n) is 9.12. The van der Waals surface area contributed by atoms with Gasteiger partial charge < -0.3 is 10.2 Å². The average Bonchev–Trinajstić information content (AvgIpc) is 3.46. The van der Waals surface area contributed by atoms with Gasteiger partial charge in [-0.1, -0.05) is 6.92 Å². The van der Waals surface area contributed by atoms with E-state index in [1.54, 1.807) is 36.4 Å². The topological polar surface area (TPSA) is 86.8 Å². The molecule has 0 atom stereocenters. The van der Waals surface area contributed by atoms with E-state index >= 15 is 0 Å². The lowest BCUT2D eigenvalue weighted by atomic mass is 9.86. The summed E-state index contributed by atoms with van der Waals surface area (Å²) in [6.07, 6.45) is 3.69. The quantitative estimate of drug-likeness (QED) is 0.791. The molecule has 2 fully saturated rings. The van der Waals surface area contributed by atoms with Gasteiger partial charge in [-0.3, -0.25) is 9.59 Å². The number of carbonyl (C=O) groups excluding carboxylic acids is 2. The summed E-state index contributed by atoms with van der Waals surface area (Å²) in [5.74, 6) is 0.178. The number of nitrogens with one attached hydrogen (secondary N) is 1. The van der Waals surface area contributed by atoms with Crippen LogP contribution in [0.15, 0.2) is 23.1 Å². The molecule has 1 aliphatic carbocycles. The van der Waals surface area contributed by atoms with Crippen molar-refractivity contribution in [3.63, 3.8) is 0 Å². The Kier molecular flexibility index (Phi) is 4.98. The first-order valence-corrected chi connectivity index (χ1v) is 11.8. The van der Waals surface area contributed by atoms with Crippen LogP contribution in [0.4, 0.5) is 5.69 Å². The number of nitrogens with zero attached hydrogens (tertiary/aromatic N) is 2. The van der Waals surface area contributed by atoms with Gasteiger partial charge in [-0.2, -0.15) is 4.31 Å². The Morgan fingerprint density at radius 1 is 1.17 bits per heavy atom. The summed E-state index contributed by atoms with van der Waals surface area (Å²) in [7, 11) is -3.60. The molecule has 1 saturated carbocycles. The molecule has 0 unspecified atom stereocenters. The van der Waals surface area contributed by atoms with Gasteiger partial charge in [0, 0.05) is 24.8 Å². The molecule has 158 valence electrons. The fraction of sp³-hybridized carbons (Fsp3) is 0.619. The van der Waals surface area contributed by atoms with Crippen molar-refractivity contribution >= 4 is 27.5 Å². The fourth-order valence-electron chi connectivity index (χ4n) is 4.15. The maximum Gasteiger partial charge on any atom is 0.243 e. The van der Waals surface area contributed by atoms with E-state index in [9.17, 15) is 18.0 Å². The second-order valence-corrected chi connectivity index (χ2v) is 11.1. The molecule has 2 aliphatic heterocycles. The summed E-state index contributed by atoms with van der Waals surface area (Å²) in [6, 6.07) is 5.09. The van der Waals surface area contributed by atoms with Gasteiger partial charge in [0.2, 0.25) is 21.8 Å². The number of fused-ring (bicyclic) bond motifs is 1. The van der Waals surface area contributed by atoms with E-state index in [2.05, 4.69) is 12.2 Å². The molecule has 7 nitrogen and oxygen atoms in total. The zero-order valence-electron chi connectivity index (χ0n) is 17.3. The molecule has 8 heteroatoms. The minimum Gasteiger partial charge on any atom is -0.352 e. The van der Waals surface area contributed by atoms with E-state index < -0.39 is 15.4 Å². The van der Waals surface area contributed by atoms with Crippen LogP contribution in [0.25, 0.3) is 0 Å². The van der Waals surface area contributed by atoms with Crippen LogP contribution in [0.2, 0.25) is 0 Å². The third-order valence-corrected chi connectivity index (χ3v) is 8.23. The number of carbonyl (C=O) groups is 2. The van der Waals surface area contributed by atoms with E-state index in [1.807, 2.05) is 0 Å². The zero-order valence-corrected chi connectivity index (χ0v) is 18.1. The number of hydrogen-bond acceptors (Lipinski definition) is 4. The number of rotatable bonds is 5. The molecule has 1 aromatic carbocycles. The highest BCUT2D eigenvalue weighted by Crippen LogP contribution is 2.43. The van der Waals surface area contributed by atoms with Crippen LogP contribution in [0.5, 0.6) is 0 Å². The summed E-state index contributed by atoms with van der Waals surface area (Å²) in [4.78, 5) is 27.0. The summed E-state index contributed by atoms with van der Waals surface area (Å²) < 4.78 is 27.8. The molecule has 1 aromatic rings. The third kappa shape index (κ3) is 3.68. The number of benzene rings is 1. The highest BCUT2D eigenvalue weighted by Gasteiger charge is 2.45. The van der Waals surface area contributed by atoms with Gasteiger partial charge >= 0.3 is 0 Å². The van der Waals surface area contributed by atoms with Crippen molar-refractivity contribution in [2.45, 2.75) is 62.8 Å². The van der Waals surface area contributed by atoms with Crippen LogP contribution >= 0.6 is 0 Å². The van der Waals surface area contributed by atoms with Gasteiger partial charge in [0.25, 0.3) is 0 Å². The summed E-state index contributed by atoms with van der Waals surface area (Å²) in [5, 5.41) is 2.91. The molecule has 0 bridgehead atoms. The molecule has 0 aromatic heterocycles. The Labute approximate surface area is 172 Å². The molecule has 1 N–H and O–H groups in total. The minimum absolute atomic E-state index is 0.0398. The van der Waals surface area contributed by atoms with Crippen LogP contribution in [0.3, 0.4) is 0 Å². The largest absolute Gasteiger partial charge is 0.352 e. The predicted molar refractivity (Wildman–Crippen MR) is 110 cm³/mol. The van der Waals surface area contributed by atoms with Crippen LogP contribution < -0.4 is 10.2 Å². The number of piperidine rings is 1. The lowest BCUT2D eigenvalue weighted by molar-refractivity contribution is -0.125. The highest BCUT2D eigenvalue weighted by atomic mass is 32.2. The second kappa shape index (κ2) is 7.09. The van der Waals surface area contributed by atoms with Gasteiger partial charge in [-0.25, -0.2) is 8.42 Å². The first-order chi connectivity index (χ1) is 13.6. The molecule has 2 amide bonds. The molecular formula is C21H29N3O4S. The Balaban J connectivity index is 1.62. The number of amides is 2. The van der Waals surface area contributed by atoms with Crippen molar-refractivity contribution in [2.75, 3.05) is 24.5 Å². The van der Waals surface area contributed by atoms with E-state index in [-0.39, 0.29) is 29.3 Å². The van der Waals surface area contributed by atoms with Crippen LogP contribution in [-0.4, -0.2) is 50.2 Å². The molecule has 1 saturated heterocycles. The molecule has 4 rings (SSSR count). The zero-order chi connectivity index (χ0) is 21.0. The van der Waals surface area contributed by atoms with E-state index in [1.165, 1.54) is 4.90 Å². The SMILES string of the molecule is CC1CCN(S(=O)(=O)c2ccc3c(c2)C(C)(C)C(=O)N3CC(=O)NC2CC2)CC1. The number of hydrogen-bond donors (Lipinski definition) is 1. The lowest BCUT2D eigenvalue weighted by Gasteiger charge is -2.29. The maximum absolute atomic E-state index is 13.1. The van der Waals surface area contributed by atoms with Gasteiger partial charge in [-0.05, 0) is 69.2 Å². The van der Waals surface area contributed by atoms with Crippen molar-refractivity contribution in [1.29, 1.82) is 0 Å². The molecule has 0 radical (unpaired) electrons. The molecular weight excluding hydrogens is 390 g/mol. The Bertz CT molecular complexity index is 945. The van der Waals surface area contributed by atoms with Crippen molar-refractivity contribution in [1.82, 2.24) is 9.62 Å². The molecule has 3 aliphatic rings. The number of anilines is 1. The first-order valence-electron chi connectivity index (χ1n) is 10.4.